The van der Waals surface area contributed by atoms with Gasteiger partial charge in [0.15, 0.2) is 0 Å². The minimum atomic E-state index is -0.339. The summed E-state index contributed by atoms with van der Waals surface area (Å²) in [7, 11) is 1.38. The number of hydrogen-bond donors (Lipinski definition) is 3. The lowest BCUT2D eigenvalue weighted by Gasteiger charge is -2.15. The van der Waals surface area contributed by atoms with Crippen LogP contribution in [-0.4, -0.2) is 30.9 Å². The molecule has 3 N–H and O–H groups in total. The third-order valence-electron chi connectivity index (χ3n) is 9.18. The minimum Gasteiger partial charge on any atom is -0.465 e. The van der Waals surface area contributed by atoms with Gasteiger partial charge in [-0.15, -0.1) is 11.3 Å². The highest BCUT2D eigenvalue weighted by atomic mass is 32.1. The van der Waals surface area contributed by atoms with Gasteiger partial charge in [0.2, 0.25) is 0 Å². The molecule has 0 aliphatic heterocycles. The number of nitrogens with one attached hydrogen (secondary N) is 3. The fourth-order valence-corrected chi connectivity index (χ4v) is 7.53. The number of methoxy groups -OCH3 is 1. The molecule has 7 nitrogen and oxygen atoms in total. The molecule has 0 unspecified atom stereocenters. The lowest BCUT2D eigenvalue weighted by atomic mass is 9.96. The van der Waals surface area contributed by atoms with Crippen LogP contribution in [0.1, 0.15) is 111 Å². The molecule has 2 amide bonds. The average Bonchev–Trinajstić information content (AvgIpc) is 3.43. The fraction of sp³-hybridized carbons (Fsp3) is 0.375. The number of amides is 2. The van der Waals surface area contributed by atoms with E-state index in [0.717, 1.165) is 80.0 Å². The third kappa shape index (κ3) is 9.20. The standard InChI is InChI=1S/C40H47N3O4S/c1-4-32(5-2)41-26-29-11-10-12-31(25-29)37(44)43-39-36(34-13-8-6-7-9-14-35(34)48-39)38(45)42-33-23-19-28(20-24-33)16-15-27-17-21-30(22-18-27)40(46)47-3/h10-12,17-25,32,41H,4-9,13-16,26H2,1-3H3,(H,42,45)(H,43,44). The first-order chi connectivity index (χ1) is 23.4. The quantitative estimate of drug-likeness (QED) is 0.124. The van der Waals surface area contributed by atoms with E-state index in [-0.39, 0.29) is 17.8 Å². The van der Waals surface area contributed by atoms with Crippen molar-refractivity contribution < 1.29 is 19.1 Å². The molecule has 252 valence electrons. The largest absolute Gasteiger partial charge is 0.465 e. The molecule has 1 aliphatic carbocycles. The Morgan fingerprint density at radius 3 is 2.08 bits per heavy atom. The maximum Gasteiger partial charge on any atom is 0.337 e. The smallest absolute Gasteiger partial charge is 0.337 e. The molecule has 48 heavy (non-hydrogen) atoms. The predicted octanol–water partition coefficient (Wildman–Crippen LogP) is 8.76. The van der Waals surface area contributed by atoms with Crippen molar-refractivity contribution in [2.45, 2.75) is 90.6 Å². The summed E-state index contributed by atoms with van der Waals surface area (Å²) < 4.78 is 4.78. The van der Waals surface area contributed by atoms with Crippen LogP contribution in [0, 0.1) is 0 Å². The molecule has 0 spiro atoms. The molecule has 8 heteroatoms. The van der Waals surface area contributed by atoms with Crippen molar-refractivity contribution in [2.24, 2.45) is 0 Å². The first-order valence-corrected chi connectivity index (χ1v) is 18.1. The van der Waals surface area contributed by atoms with E-state index in [1.807, 2.05) is 60.7 Å². The minimum absolute atomic E-state index is 0.190. The molecular formula is C40H47N3O4S. The Kier molecular flexibility index (Phi) is 12.6. The van der Waals surface area contributed by atoms with E-state index in [4.69, 9.17) is 4.74 Å². The lowest BCUT2D eigenvalue weighted by molar-refractivity contribution is 0.0600. The van der Waals surface area contributed by atoms with Crippen molar-refractivity contribution in [1.82, 2.24) is 5.32 Å². The fourth-order valence-electron chi connectivity index (χ4n) is 6.25. The number of thiophene rings is 1. The zero-order chi connectivity index (χ0) is 33.9. The van der Waals surface area contributed by atoms with Crippen LogP contribution >= 0.6 is 11.3 Å². The summed E-state index contributed by atoms with van der Waals surface area (Å²) in [4.78, 5) is 40.4. The molecule has 1 aliphatic rings. The van der Waals surface area contributed by atoms with Gasteiger partial charge in [-0.25, -0.2) is 4.79 Å². The first-order valence-electron chi connectivity index (χ1n) is 17.2. The molecule has 0 bridgehead atoms. The molecule has 5 rings (SSSR count). The lowest BCUT2D eigenvalue weighted by Crippen LogP contribution is -2.27. The van der Waals surface area contributed by atoms with Crippen LogP contribution in [0.15, 0.2) is 72.8 Å². The molecular weight excluding hydrogens is 619 g/mol. The zero-order valence-electron chi connectivity index (χ0n) is 28.3. The Hall–Kier alpha value is -4.27. The van der Waals surface area contributed by atoms with Gasteiger partial charge in [-0.05, 0) is 110 Å². The summed E-state index contributed by atoms with van der Waals surface area (Å²) in [6.07, 6.45) is 9.98. The van der Waals surface area contributed by atoms with Gasteiger partial charge in [-0.1, -0.05) is 63.1 Å². The first kappa shape index (κ1) is 35.0. The molecule has 1 heterocycles. The van der Waals surface area contributed by atoms with Crippen molar-refractivity contribution in [3.63, 3.8) is 0 Å². The summed E-state index contributed by atoms with van der Waals surface area (Å²) in [6.45, 7) is 5.06. The van der Waals surface area contributed by atoms with E-state index in [9.17, 15) is 14.4 Å². The van der Waals surface area contributed by atoms with Crippen LogP contribution in [0.25, 0.3) is 0 Å². The molecule has 0 saturated carbocycles. The number of fused-ring (bicyclic) bond motifs is 1. The van der Waals surface area contributed by atoms with Gasteiger partial charge in [-0.3, -0.25) is 9.59 Å². The highest BCUT2D eigenvalue weighted by Gasteiger charge is 2.26. The number of benzene rings is 3. The Labute approximate surface area is 288 Å². The van der Waals surface area contributed by atoms with Crippen LogP contribution in [0.3, 0.4) is 0 Å². The Bertz CT molecular complexity index is 1690. The van der Waals surface area contributed by atoms with E-state index in [1.54, 1.807) is 23.5 Å². The predicted molar refractivity (Wildman–Crippen MR) is 195 cm³/mol. The maximum absolute atomic E-state index is 13.9. The van der Waals surface area contributed by atoms with Crippen LogP contribution in [0.2, 0.25) is 0 Å². The van der Waals surface area contributed by atoms with Crippen LogP contribution < -0.4 is 16.0 Å². The summed E-state index contributed by atoms with van der Waals surface area (Å²) in [5.74, 6) is -0.731. The zero-order valence-corrected chi connectivity index (χ0v) is 29.1. The molecule has 0 saturated heterocycles. The normalized spacial score (nSPS) is 12.9. The monoisotopic (exact) mass is 665 g/mol. The number of anilines is 2. The average molecular weight is 666 g/mol. The van der Waals surface area contributed by atoms with Gasteiger partial charge in [0.1, 0.15) is 5.00 Å². The number of carbonyl (C=O) groups is 3. The molecule has 0 radical (unpaired) electrons. The van der Waals surface area contributed by atoms with Crippen molar-refractivity contribution in [1.29, 1.82) is 0 Å². The topological polar surface area (TPSA) is 96.5 Å². The van der Waals surface area contributed by atoms with Crippen LogP contribution in [-0.2, 0) is 37.0 Å². The van der Waals surface area contributed by atoms with Gasteiger partial charge >= 0.3 is 5.97 Å². The van der Waals surface area contributed by atoms with Gasteiger partial charge in [0.05, 0.1) is 18.2 Å². The van der Waals surface area contributed by atoms with Gasteiger partial charge in [0.25, 0.3) is 11.8 Å². The van der Waals surface area contributed by atoms with Crippen molar-refractivity contribution in [2.75, 3.05) is 17.7 Å². The maximum atomic E-state index is 13.9. The van der Waals surface area contributed by atoms with Gasteiger partial charge in [-0.2, -0.15) is 0 Å². The van der Waals surface area contributed by atoms with E-state index in [2.05, 4.69) is 29.8 Å². The van der Waals surface area contributed by atoms with Gasteiger partial charge in [0, 0.05) is 28.7 Å². The number of esters is 1. The number of hydrogen-bond acceptors (Lipinski definition) is 6. The number of rotatable bonds is 13. The van der Waals surface area contributed by atoms with Gasteiger partial charge < -0.3 is 20.7 Å². The van der Waals surface area contributed by atoms with E-state index < -0.39 is 0 Å². The molecule has 1 aromatic heterocycles. The summed E-state index contributed by atoms with van der Waals surface area (Å²) >= 11 is 1.55. The Morgan fingerprint density at radius 2 is 1.42 bits per heavy atom. The number of aryl methyl sites for hydroxylation is 3. The Morgan fingerprint density at radius 1 is 0.750 bits per heavy atom. The second-order valence-electron chi connectivity index (χ2n) is 12.5. The summed E-state index contributed by atoms with van der Waals surface area (Å²) in [5, 5.41) is 10.4. The molecule has 0 atom stereocenters. The number of ether oxygens (including phenoxy) is 1. The highest BCUT2D eigenvalue weighted by Crippen LogP contribution is 2.38. The van der Waals surface area contributed by atoms with E-state index in [1.165, 1.54) is 18.4 Å². The molecule has 0 fully saturated rings. The van der Waals surface area contributed by atoms with E-state index >= 15 is 0 Å². The third-order valence-corrected chi connectivity index (χ3v) is 10.4. The summed E-state index contributed by atoms with van der Waals surface area (Å²) in [5.41, 5.74) is 6.85. The van der Waals surface area contributed by atoms with Crippen LogP contribution in [0.5, 0.6) is 0 Å². The van der Waals surface area contributed by atoms with Crippen molar-refractivity contribution in [3.8, 4) is 0 Å². The SMILES string of the molecule is CCC(CC)NCc1cccc(C(=O)Nc2sc3c(c2C(=O)Nc2ccc(CCc4ccc(C(=O)OC)cc4)cc2)CCCCCC3)c1. The highest BCUT2D eigenvalue weighted by molar-refractivity contribution is 7.17. The van der Waals surface area contributed by atoms with E-state index in [0.29, 0.717) is 40.0 Å². The van der Waals surface area contributed by atoms with Crippen LogP contribution in [0.4, 0.5) is 10.7 Å². The second-order valence-corrected chi connectivity index (χ2v) is 13.6. The molecule has 4 aromatic rings. The number of carbonyl (C=O) groups excluding carboxylic acids is 3. The summed E-state index contributed by atoms with van der Waals surface area (Å²) in [6, 6.07) is 23.6. The Balaban J connectivity index is 1.28. The second kappa shape index (κ2) is 17.2. The molecule has 3 aromatic carbocycles. The van der Waals surface area contributed by atoms with Crippen molar-refractivity contribution in [3.05, 3.63) is 117 Å². The van der Waals surface area contributed by atoms with Crippen molar-refractivity contribution >= 4 is 39.8 Å².